The molecule has 244 valence electrons. The van der Waals surface area contributed by atoms with E-state index in [1.807, 2.05) is 104 Å². The molecule has 0 aliphatic carbocycles. The zero-order valence-corrected chi connectivity index (χ0v) is 30.1. The minimum Gasteiger partial charge on any atom is -0.855 e. The van der Waals surface area contributed by atoms with Gasteiger partial charge in [-0.2, -0.15) is 5.56 Å². The second-order valence-electron chi connectivity index (χ2n) is 10.7. The second kappa shape index (κ2) is 20.0. The number of hydrogen-bond acceptors (Lipinski definition) is 3. The van der Waals surface area contributed by atoms with Crippen LogP contribution in [0.15, 0.2) is 170 Å². The van der Waals surface area contributed by atoms with Gasteiger partial charge in [0, 0.05) is 11.5 Å². The summed E-state index contributed by atoms with van der Waals surface area (Å²) in [5.74, 6) is -0.0625. The number of rotatable bonds is 7. The van der Waals surface area contributed by atoms with Gasteiger partial charge in [0.15, 0.2) is 5.78 Å². The van der Waals surface area contributed by atoms with Gasteiger partial charge >= 0.3 is 20.1 Å². The number of nitrogens with zero attached hydrogens (tertiary/aromatic N) is 2. The fourth-order valence-corrected chi connectivity index (χ4v) is 4.83. The number of carbonyl (C=O) groups is 1. The van der Waals surface area contributed by atoms with Crippen LogP contribution in [0.25, 0.3) is 44.3 Å². The molecule has 0 bridgehead atoms. The van der Waals surface area contributed by atoms with Crippen molar-refractivity contribution in [1.29, 1.82) is 0 Å². The van der Waals surface area contributed by atoms with Crippen LogP contribution in [0.5, 0.6) is 0 Å². The van der Waals surface area contributed by atoms with Crippen molar-refractivity contribution in [3.63, 3.8) is 0 Å². The van der Waals surface area contributed by atoms with Crippen molar-refractivity contribution in [2.45, 2.75) is 20.8 Å². The Bertz CT molecular complexity index is 2020. The predicted octanol–water partition coefficient (Wildman–Crippen LogP) is 10.9. The van der Waals surface area contributed by atoms with Crippen LogP contribution in [0.1, 0.15) is 31.9 Å². The normalized spacial score (nSPS) is 11.0. The maximum Gasteiger partial charge on any atom is 3.00 e. The van der Waals surface area contributed by atoms with E-state index >= 15 is 0 Å². The molecule has 0 atom stereocenters. The van der Waals surface area contributed by atoms with E-state index in [4.69, 9.17) is 10.1 Å². The first-order valence-electron chi connectivity index (χ1n) is 15.6. The Labute approximate surface area is 303 Å². The molecule has 6 aromatic rings. The summed E-state index contributed by atoms with van der Waals surface area (Å²) in [5, 5.41) is 19.7. The van der Waals surface area contributed by atoms with Gasteiger partial charge in [-0.25, -0.2) is 5.71 Å². The smallest absolute Gasteiger partial charge is 0.855 e. The molecule has 1 heterocycles. The number of allylic oxidation sites excluding steroid dienone is 6. The predicted molar refractivity (Wildman–Crippen MR) is 200 cm³/mol. The molecular weight excluding hydrogens is 781 g/mol. The quantitative estimate of drug-likeness (QED) is 0.0573. The van der Waals surface area contributed by atoms with Crippen LogP contribution in [-0.2, 0) is 24.9 Å². The summed E-state index contributed by atoms with van der Waals surface area (Å²) >= 11 is 0. The number of ketones is 1. The summed E-state index contributed by atoms with van der Waals surface area (Å²) in [6.07, 6.45) is 6.87. The molecular formula is C44H37IrN2O2. The Kier molecular flexibility index (Phi) is 15.5. The molecule has 0 unspecified atom stereocenters. The molecule has 0 radical (unpaired) electrons. The fraction of sp³-hybridized carbons (Fsp3) is 0.0682. The molecule has 4 nitrogen and oxygen atoms in total. The van der Waals surface area contributed by atoms with Gasteiger partial charge in [0.05, 0.1) is 11.3 Å². The number of para-hydroxylation sites is 1. The number of aliphatic hydroxyl groups is 1. The van der Waals surface area contributed by atoms with E-state index in [0.717, 1.165) is 27.9 Å². The Morgan fingerprint density at radius 2 is 1.37 bits per heavy atom. The van der Waals surface area contributed by atoms with Crippen molar-refractivity contribution in [3.8, 4) is 22.4 Å². The van der Waals surface area contributed by atoms with Crippen LogP contribution in [0.4, 0.5) is 0 Å². The molecule has 0 aliphatic rings. The van der Waals surface area contributed by atoms with Crippen LogP contribution in [0.2, 0.25) is 0 Å². The van der Waals surface area contributed by atoms with E-state index < -0.39 is 0 Å². The Morgan fingerprint density at radius 1 is 0.755 bits per heavy atom. The maximum atomic E-state index is 10.2. The van der Waals surface area contributed by atoms with Gasteiger partial charge in [-0.3, -0.25) is 9.78 Å². The van der Waals surface area contributed by atoms with Crippen molar-refractivity contribution in [3.05, 3.63) is 198 Å². The zero-order valence-electron chi connectivity index (χ0n) is 27.7. The van der Waals surface area contributed by atoms with E-state index in [1.165, 1.54) is 36.4 Å². The maximum absolute atomic E-state index is 10.2. The number of benzene rings is 5. The average Bonchev–Trinajstić information content (AvgIpc) is 3.12. The molecule has 0 amide bonds. The van der Waals surface area contributed by atoms with Crippen LogP contribution in [-0.4, -0.2) is 21.6 Å². The van der Waals surface area contributed by atoms with E-state index in [0.29, 0.717) is 5.56 Å². The average molecular weight is 818 g/mol. The fourth-order valence-electron chi connectivity index (χ4n) is 4.83. The van der Waals surface area contributed by atoms with Crippen LogP contribution >= 0.6 is 0 Å². The molecule has 1 aromatic heterocycles. The van der Waals surface area contributed by atoms with Crippen molar-refractivity contribution >= 4 is 28.0 Å². The first kappa shape index (κ1) is 38.0. The molecule has 0 saturated carbocycles. The van der Waals surface area contributed by atoms with E-state index in [-0.39, 0.29) is 37.4 Å². The third-order valence-electron chi connectivity index (χ3n) is 6.93. The Balaban J connectivity index is 0.000000221. The van der Waals surface area contributed by atoms with Crippen molar-refractivity contribution in [2.24, 2.45) is 0 Å². The van der Waals surface area contributed by atoms with Gasteiger partial charge in [0.2, 0.25) is 0 Å². The Morgan fingerprint density at radius 3 is 1.94 bits per heavy atom. The number of aromatic nitrogens is 1. The monoisotopic (exact) mass is 818 g/mol. The van der Waals surface area contributed by atoms with E-state index in [1.54, 1.807) is 12.1 Å². The van der Waals surface area contributed by atoms with Gasteiger partial charge in [-0.15, -0.1) is 72.3 Å². The summed E-state index contributed by atoms with van der Waals surface area (Å²) < 4.78 is 0. The van der Waals surface area contributed by atoms with Crippen LogP contribution in [0, 0.1) is 12.1 Å². The topological polar surface area (TPSA) is 72.5 Å². The number of hydrogen-bond donors (Lipinski definition) is 1. The molecule has 0 fully saturated rings. The molecule has 5 heteroatoms. The third kappa shape index (κ3) is 11.9. The van der Waals surface area contributed by atoms with Gasteiger partial charge in [0.1, 0.15) is 0 Å². The van der Waals surface area contributed by atoms with Crippen LogP contribution in [0.3, 0.4) is 0 Å². The number of carbonyl (C=O) groups excluding carboxylic acids is 1. The Hall–Kier alpha value is -5.48. The van der Waals surface area contributed by atoms with Gasteiger partial charge < -0.3 is 10.5 Å². The summed E-state index contributed by atoms with van der Waals surface area (Å²) in [6.45, 7) is 4.81. The minimum absolute atomic E-state index is 0. The molecule has 6 rings (SSSR count). The molecule has 49 heavy (non-hydrogen) atoms. The van der Waals surface area contributed by atoms with Gasteiger partial charge in [0.25, 0.3) is 0 Å². The second-order valence-corrected chi connectivity index (χ2v) is 10.7. The van der Waals surface area contributed by atoms with E-state index in [2.05, 4.69) is 60.7 Å². The van der Waals surface area contributed by atoms with Crippen LogP contribution < -0.4 is 0 Å². The summed E-state index contributed by atoms with van der Waals surface area (Å²) in [7, 11) is 0. The molecule has 5 aromatic carbocycles. The summed E-state index contributed by atoms with van der Waals surface area (Å²) in [6, 6.07) is 52.5. The number of aliphatic hydroxyl groups excluding tert-OH is 1. The first-order valence-corrected chi connectivity index (χ1v) is 15.6. The van der Waals surface area contributed by atoms with Crippen molar-refractivity contribution < 1.29 is 30.0 Å². The minimum atomic E-state index is -0.125. The zero-order chi connectivity index (χ0) is 34.1. The molecule has 0 aliphatic heterocycles. The molecule has 0 spiro atoms. The van der Waals surface area contributed by atoms with Crippen molar-refractivity contribution in [2.75, 3.05) is 0 Å². The SMILES string of the molecule is C/C=C\C(=C/C(=[N-])c1[c-]cccc1)c1ccccc1.CC(=O)/C=C(/C)O.[Ir+3].[c-]1ccccc1-c1cc(-c2ccccc2)c2ccccc2n1. The van der Waals surface area contributed by atoms with Gasteiger partial charge in [-0.1, -0.05) is 97.1 Å². The number of fused-ring (bicyclic) bond motifs is 1. The standard InChI is InChI=1S/C21H14N.C18H15N.C5H8O2.Ir/c1-3-9-16(10-4-1)19-15-21(17-11-5-2-6-12-17)22-20-14-8-7-13-18(19)20;1-2-9-17(15-10-5-3-6-11-15)14-18(19)16-12-7-4-8-13-16;1-4(6)3-5(2)7;/h1-11,13-15H;2-12,14H,1H3;3,6H,1-2H3;/q-1;-2;;+3/b;9-2-,17-14+;4-3-;. The van der Waals surface area contributed by atoms with Gasteiger partial charge in [-0.05, 0) is 54.8 Å². The molecule has 0 saturated heterocycles. The summed E-state index contributed by atoms with van der Waals surface area (Å²) in [4.78, 5) is 14.8. The summed E-state index contributed by atoms with van der Waals surface area (Å²) in [5.41, 5.74) is 8.36. The third-order valence-corrected chi connectivity index (χ3v) is 6.93. The largest absolute Gasteiger partial charge is 3.00 e. The molecule has 1 N–H and O–H groups in total. The van der Waals surface area contributed by atoms with Crippen molar-refractivity contribution in [1.82, 2.24) is 4.98 Å². The number of pyridine rings is 1. The first-order chi connectivity index (χ1) is 23.4. The van der Waals surface area contributed by atoms with E-state index in [9.17, 15) is 10.2 Å².